The molecule has 2 heterocycles. The maximum absolute atomic E-state index is 13.2. The molecular formula is C13H13F5N2O2. The Kier molecular flexibility index (Phi) is 4.25. The van der Waals surface area contributed by atoms with Gasteiger partial charge in [-0.25, -0.2) is 18.6 Å². The van der Waals surface area contributed by atoms with Crippen molar-refractivity contribution in [3.63, 3.8) is 0 Å². The highest BCUT2D eigenvalue weighted by Gasteiger charge is 2.38. The third kappa shape index (κ3) is 3.45. The van der Waals surface area contributed by atoms with Crippen molar-refractivity contribution >= 4 is 11.8 Å². The molecular weight excluding hydrogens is 311 g/mol. The number of carbonyl (C=O) groups excluding carboxylic acids is 1. The van der Waals surface area contributed by atoms with Gasteiger partial charge < -0.3 is 9.64 Å². The highest BCUT2D eigenvalue weighted by molar-refractivity contribution is 5.94. The molecule has 0 bridgehead atoms. The molecule has 0 saturated carbocycles. The van der Waals surface area contributed by atoms with Gasteiger partial charge in [-0.2, -0.15) is 13.2 Å². The molecule has 0 radical (unpaired) electrons. The number of piperidine rings is 1. The zero-order valence-corrected chi connectivity index (χ0v) is 11.6. The summed E-state index contributed by atoms with van der Waals surface area (Å²) >= 11 is 0. The SMILES string of the molecule is COC(=O)c1ccc(C(F)(F)F)nc1N1CCC(F)(F)CC1. The molecule has 0 unspecified atom stereocenters. The highest BCUT2D eigenvalue weighted by atomic mass is 19.4. The minimum atomic E-state index is -4.69. The maximum Gasteiger partial charge on any atom is 0.433 e. The molecule has 2 rings (SSSR count). The van der Waals surface area contributed by atoms with Gasteiger partial charge in [0.1, 0.15) is 17.1 Å². The number of alkyl halides is 5. The van der Waals surface area contributed by atoms with Crippen LogP contribution in [0, 0.1) is 0 Å². The predicted molar refractivity (Wildman–Crippen MR) is 67.0 cm³/mol. The van der Waals surface area contributed by atoms with Crippen LogP contribution in [0.4, 0.5) is 27.8 Å². The van der Waals surface area contributed by atoms with E-state index in [0.717, 1.165) is 13.2 Å². The molecule has 1 aromatic rings. The molecule has 1 aliphatic rings. The van der Waals surface area contributed by atoms with Crippen LogP contribution in [0.2, 0.25) is 0 Å². The van der Waals surface area contributed by atoms with Gasteiger partial charge in [0.15, 0.2) is 0 Å². The summed E-state index contributed by atoms with van der Waals surface area (Å²) in [6, 6.07) is 1.61. The summed E-state index contributed by atoms with van der Waals surface area (Å²) in [7, 11) is 1.08. The number of ether oxygens (including phenoxy) is 1. The van der Waals surface area contributed by atoms with Gasteiger partial charge in [0, 0.05) is 25.9 Å². The van der Waals surface area contributed by atoms with Crippen molar-refractivity contribution in [1.82, 2.24) is 4.98 Å². The topological polar surface area (TPSA) is 42.4 Å². The number of methoxy groups -OCH3 is 1. The van der Waals surface area contributed by atoms with Crippen LogP contribution in [0.25, 0.3) is 0 Å². The van der Waals surface area contributed by atoms with Gasteiger partial charge in [0.25, 0.3) is 5.92 Å². The molecule has 0 aromatic carbocycles. The lowest BCUT2D eigenvalue weighted by Crippen LogP contribution is -2.40. The molecule has 22 heavy (non-hydrogen) atoms. The van der Waals surface area contributed by atoms with E-state index in [0.29, 0.717) is 6.07 Å². The lowest BCUT2D eigenvalue weighted by molar-refractivity contribution is -0.141. The number of carbonyl (C=O) groups is 1. The van der Waals surface area contributed by atoms with E-state index >= 15 is 0 Å². The number of anilines is 1. The lowest BCUT2D eigenvalue weighted by Gasteiger charge is -2.33. The van der Waals surface area contributed by atoms with Crippen molar-refractivity contribution < 1.29 is 31.5 Å². The van der Waals surface area contributed by atoms with Crippen molar-refractivity contribution in [3.8, 4) is 0 Å². The minimum Gasteiger partial charge on any atom is -0.465 e. The van der Waals surface area contributed by atoms with Crippen molar-refractivity contribution in [2.45, 2.75) is 24.9 Å². The number of nitrogens with zero attached hydrogens (tertiary/aromatic N) is 2. The molecule has 1 saturated heterocycles. The number of pyridine rings is 1. The fourth-order valence-corrected chi connectivity index (χ4v) is 2.16. The van der Waals surface area contributed by atoms with Crippen molar-refractivity contribution in [2.75, 3.05) is 25.1 Å². The van der Waals surface area contributed by atoms with E-state index in [-0.39, 0.29) is 24.5 Å². The Balaban J connectivity index is 2.40. The number of halogens is 5. The molecule has 0 N–H and O–H groups in total. The Morgan fingerprint density at radius 3 is 2.36 bits per heavy atom. The molecule has 0 spiro atoms. The predicted octanol–water partition coefficient (Wildman–Crippen LogP) is 3.12. The first kappa shape index (κ1) is 16.4. The van der Waals surface area contributed by atoms with E-state index in [9.17, 15) is 26.7 Å². The van der Waals surface area contributed by atoms with E-state index in [2.05, 4.69) is 9.72 Å². The van der Waals surface area contributed by atoms with Gasteiger partial charge in [0.05, 0.1) is 7.11 Å². The Bertz CT molecular complexity index is 564. The van der Waals surface area contributed by atoms with E-state index in [1.165, 1.54) is 4.90 Å². The quantitative estimate of drug-likeness (QED) is 0.619. The average Bonchev–Trinajstić information content (AvgIpc) is 2.45. The van der Waals surface area contributed by atoms with Crippen LogP contribution in [0.5, 0.6) is 0 Å². The van der Waals surface area contributed by atoms with Crippen molar-refractivity contribution in [1.29, 1.82) is 0 Å². The first-order valence-electron chi connectivity index (χ1n) is 6.43. The van der Waals surface area contributed by atoms with Crippen LogP contribution in [0.15, 0.2) is 12.1 Å². The summed E-state index contributed by atoms with van der Waals surface area (Å²) in [5.41, 5.74) is -1.37. The van der Waals surface area contributed by atoms with Gasteiger partial charge >= 0.3 is 12.1 Å². The third-order valence-electron chi connectivity index (χ3n) is 3.37. The molecule has 9 heteroatoms. The number of hydrogen-bond donors (Lipinski definition) is 0. The second kappa shape index (κ2) is 5.69. The fraction of sp³-hybridized carbons (Fsp3) is 0.538. The summed E-state index contributed by atoms with van der Waals surface area (Å²) in [5.74, 6) is -4.01. The molecule has 122 valence electrons. The summed E-state index contributed by atoms with van der Waals surface area (Å²) in [4.78, 5) is 16.3. The van der Waals surface area contributed by atoms with Crippen molar-refractivity contribution in [2.24, 2.45) is 0 Å². The van der Waals surface area contributed by atoms with Crippen LogP contribution in [-0.4, -0.2) is 37.1 Å². The number of esters is 1. The van der Waals surface area contributed by atoms with Gasteiger partial charge in [0.2, 0.25) is 0 Å². The molecule has 1 fully saturated rings. The molecule has 1 aromatic heterocycles. The average molecular weight is 324 g/mol. The highest BCUT2D eigenvalue weighted by Crippen LogP contribution is 2.34. The standard InChI is InChI=1S/C13H13F5N2O2/c1-22-11(21)8-2-3-9(13(16,17)18)19-10(8)20-6-4-12(14,15)5-7-20/h2-3H,4-7H2,1H3. The fourth-order valence-electron chi connectivity index (χ4n) is 2.16. The normalized spacial score (nSPS) is 18.2. The lowest BCUT2D eigenvalue weighted by atomic mass is 10.1. The smallest absolute Gasteiger partial charge is 0.433 e. The largest absolute Gasteiger partial charge is 0.465 e. The zero-order valence-electron chi connectivity index (χ0n) is 11.6. The number of rotatable bonds is 2. The maximum atomic E-state index is 13.2. The van der Waals surface area contributed by atoms with E-state index in [1.54, 1.807) is 0 Å². The van der Waals surface area contributed by atoms with Gasteiger partial charge in [-0.05, 0) is 12.1 Å². The summed E-state index contributed by atoms with van der Waals surface area (Å²) < 4.78 is 69.1. The molecule has 1 aliphatic heterocycles. The summed E-state index contributed by atoms with van der Waals surface area (Å²) in [6.07, 6.45) is -5.71. The van der Waals surface area contributed by atoms with E-state index < -0.39 is 36.6 Å². The van der Waals surface area contributed by atoms with Crippen LogP contribution >= 0.6 is 0 Å². The third-order valence-corrected chi connectivity index (χ3v) is 3.37. The zero-order chi connectivity index (χ0) is 16.5. The molecule has 0 atom stereocenters. The Morgan fingerprint density at radius 1 is 1.27 bits per heavy atom. The molecule has 4 nitrogen and oxygen atoms in total. The van der Waals surface area contributed by atoms with Gasteiger partial charge in [-0.15, -0.1) is 0 Å². The Hall–Kier alpha value is -1.93. The van der Waals surface area contributed by atoms with Crippen LogP contribution in [-0.2, 0) is 10.9 Å². The van der Waals surface area contributed by atoms with Gasteiger partial charge in [-0.1, -0.05) is 0 Å². The second-order valence-corrected chi connectivity index (χ2v) is 4.90. The van der Waals surface area contributed by atoms with Crippen molar-refractivity contribution in [3.05, 3.63) is 23.4 Å². The minimum absolute atomic E-state index is 0.180. The Labute approximate surface area is 122 Å². The first-order valence-corrected chi connectivity index (χ1v) is 6.43. The first-order chi connectivity index (χ1) is 10.1. The summed E-state index contributed by atoms with van der Waals surface area (Å²) in [6.45, 7) is -0.378. The van der Waals surface area contributed by atoms with E-state index in [1.807, 2.05) is 0 Å². The summed E-state index contributed by atoms with van der Waals surface area (Å²) in [5, 5.41) is 0. The number of hydrogen-bond acceptors (Lipinski definition) is 4. The van der Waals surface area contributed by atoms with Crippen LogP contribution in [0.1, 0.15) is 28.9 Å². The van der Waals surface area contributed by atoms with Crippen LogP contribution in [0.3, 0.4) is 0 Å². The molecule has 0 amide bonds. The number of aromatic nitrogens is 1. The van der Waals surface area contributed by atoms with Gasteiger partial charge in [-0.3, -0.25) is 0 Å². The monoisotopic (exact) mass is 324 g/mol. The van der Waals surface area contributed by atoms with E-state index in [4.69, 9.17) is 0 Å². The molecule has 0 aliphatic carbocycles. The van der Waals surface area contributed by atoms with Crippen LogP contribution < -0.4 is 4.90 Å². The second-order valence-electron chi connectivity index (χ2n) is 4.90. The Morgan fingerprint density at radius 2 is 1.86 bits per heavy atom.